The number of sulfone groups is 1. The molecule has 6 heteroatoms. The van der Waals surface area contributed by atoms with E-state index in [4.69, 9.17) is 0 Å². The van der Waals surface area contributed by atoms with Gasteiger partial charge in [-0.05, 0) is 39.3 Å². The van der Waals surface area contributed by atoms with E-state index in [0.717, 1.165) is 6.07 Å². The molecule has 0 saturated heterocycles. The van der Waals surface area contributed by atoms with Crippen molar-refractivity contribution in [2.75, 3.05) is 17.6 Å². The molecule has 0 atom stereocenters. The summed E-state index contributed by atoms with van der Waals surface area (Å²) < 4.78 is 49.9. The first-order chi connectivity index (χ1) is 8.56. The minimum absolute atomic E-state index is 0.0309. The van der Waals surface area contributed by atoms with Crippen LogP contribution in [-0.4, -0.2) is 25.5 Å². The fraction of sp³-hybridized carbons (Fsp3) is 0.538. The Labute approximate surface area is 112 Å². The van der Waals surface area contributed by atoms with Crippen LogP contribution in [0.15, 0.2) is 12.1 Å². The molecule has 19 heavy (non-hydrogen) atoms. The number of anilines is 1. The summed E-state index contributed by atoms with van der Waals surface area (Å²) in [6.07, 6.45) is 0. The van der Waals surface area contributed by atoms with Gasteiger partial charge in [-0.2, -0.15) is 0 Å². The van der Waals surface area contributed by atoms with Crippen LogP contribution in [-0.2, 0) is 9.84 Å². The molecule has 0 aliphatic heterocycles. The van der Waals surface area contributed by atoms with Crippen molar-refractivity contribution in [3.8, 4) is 0 Å². The van der Waals surface area contributed by atoms with Crippen molar-refractivity contribution in [1.29, 1.82) is 0 Å². The number of nitrogens with one attached hydrogen (secondary N) is 1. The van der Waals surface area contributed by atoms with E-state index in [1.165, 1.54) is 13.0 Å². The molecule has 1 rings (SSSR count). The van der Waals surface area contributed by atoms with Gasteiger partial charge in [0.05, 0.1) is 10.5 Å². The molecule has 0 amide bonds. The standard InChI is InChI=1S/C13H19F2NO2S/c1-9-5-6-10(14)12(11(9)15)16-7-8-19(17,18)13(2,3)4/h5-6,16H,7-8H2,1-4H3. The van der Waals surface area contributed by atoms with Crippen LogP contribution in [0.25, 0.3) is 0 Å². The average Bonchev–Trinajstić information content (AvgIpc) is 2.27. The van der Waals surface area contributed by atoms with Gasteiger partial charge in [0.15, 0.2) is 15.7 Å². The van der Waals surface area contributed by atoms with Gasteiger partial charge >= 0.3 is 0 Å². The molecule has 0 bridgehead atoms. The third-order valence-electron chi connectivity index (χ3n) is 2.89. The first-order valence-corrected chi connectivity index (χ1v) is 7.62. The lowest BCUT2D eigenvalue weighted by atomic mass is 10.2. The lowest BCUT2D eigenvalue weighted by Gasteiger charge is -2.19. The Morgan fingerprint density at radius 1 is 1.21 bits per heavy atom. The first kappa shape index (κ1) is 15.9. The van der Waals surface area contributed by atoms with Crippen LogP contribution in [0.5, 0.6) is 0 Å². The third kappa shape index (κ3) is 3.65. The zero-order chi connectivity index (χ0) is 14.8. The minimum Gasteiger partial charge on any atom is -0.379 e. The average molecular weight is 291 g/mol. The Kier molecular flexibility index (Phi) is 4.55. The molecule has 108 valence electrons. The molecule has 0 aliphatic carbocycles. The molecule has 0 saturated carbocycles. The summed E-state index contributed by atoms with van der Waals surface area (Å²) in [6, 6.07) is 2.49. The summed E-state index contributed by atoms with van der Waals surface area (Å²) in [6.45, 7) is 6.27. The Bertz CT molecular complexity index is 563. The number of benzene rings is 1. The van der Waals surface area contributed by atoms with Gasteiger partial charge in [0.2, 0.25) is 0 Å². The van der Waals surface area contributed by atoms with Crippen molar-refractivity contribution in [3.05, 3.63) is 29.3 Å². The Morgan fingerprint density at radius 3 is 2.32 bits per heavy atom. The van der Waals surface area contributed by atoms with Crippen molar-refractivity contribution in [2.45, 2.75) is 32.4 Å². The molecule has 0 spiro atoms. The van der Waals surface area contributed by atoms with Gasteiger partial charge in [-0.25, -0.2) is 17.2 Å². The van der Waals surface area contributed by atoms with E-state index in [-0.39, 0.29) is 18.0 Å². The summed E-state index contributed by atoms with van der Waals surface area (Å²) in [5.74, 6) is -1.59. The second kappa shape index (κ2) is 5.45. The maximum Gasteiger partial charge on any atom is 0.156 e. The van der Waals surface area contributed by atoms with Crippen LogP contribution in [0.4, 0.5) is 14.5 Å². The SMILES string of the molecule is Cc1ccc(F)c(NCCS(=O)(=O)C(C)(C)C)c1F. The summed E-state index contributed by atoms with van der Waals surface area (Å²) in [5.41, 5.74) is 0.0340. The van der Waals surface area contributed by atoms with Gasteiger partial charge in [-0.1, -0.05) is 6.07 Å². The highest BCUT2D eigenvalue weighted by molar-refractivity contribution is 7.92. The minimum atomic E-state index is -3.31. The number of hydrogen-bond donors (Lipinski definition) is 1. The first-order valence-electron chi connectivity index (χ1n) is 5.97. The van der Waals surface area contributed by atoms with E-state index >= 15 is 0 Å². The lowest BCUT2D eigenvalue weighted by Crippen LogP contribution is -2.33. The number of aryl methyl sites for hydroxylation is 1. The van der Waals surface area contributed by atoms with Gasteiger partial charge in [-0.15, -0.1) is 0 Å². The number of rotatable bonds is 4. The molecule has 0 aromatic heterocycles. The van der Waals surface area contributed by atoms with E-state index in [2.05, 4.69) is 5.32 Å². The highest BCUT2D eigenvalue weighted by atomic mass is 32.2. The second-order valence-electron chi connectivity index (χ2n) is 5.41. The van der Waals surface area contributed by atoms with Gasteiger partial charge in [0.25, 0.3) is 0 Å². The number of hydrogen-bond acceptors (Lipinski definition) is 3. The van der Waals surface area contributed by atoms with E-state index in [1.807, 2.05) is 0 Å². The molecule has 3 nitrogen and oxygen atoms in total. The Hall–Kier alpha value is -1.17. The normalized spacial score (nSPS) is 12.5. The van der Waals surface area contributed by atoms with E-state index in [0.29, 0.717) is 5.56 Å². The van der Waals surface area contributed by atoms with Crippen LogP contribution in [0.3, 0.4) is 0 Å². The third-order valence-corrected chi connectivity index (χ3v) is 5.50. The molecular weight excluding hydrogens is 272 g/mol. The fourth-order valence-electron chi connectivity index (χ4n) is 1.44. The van der Waals surface area contributed by atoms with E-state index in [1.54, 1.807) is 20.8 Å². The molecule has 0 fully saturated rings. The zero-order valence-corrected chi connectivity index (χ0v) is 12.4. The summed E-state index contributed by atoms with van der Waals surface area (Å²) in [5, 5.41) is 2.52. The van der Waals surface area contributed by atoms with E-state index in [9.17, 15) is 17.2 Å². The van der Waals surface area contributed by atoms with Crippen molar-refractivity contribution in [1.82, 2.24) is 0 Å². The molecule has 1 aromatic carbocycles. The summed E-state index contributed by atoms with van der Waals surface area (Å²) >= 11 is 0. The van der Waals surface area contributed by atoms with Crippen molar-refractivity contribution in [3.63, 3.8) is 0 Å². The zero-order valence-electron chi connectivity index (χ0n) is 11.5. The molecule has 0 radical (unpaired) electrons. The molecule has 0 heterocycles. The summed E-state index contributed by atoms with van der Waals surface area (Å²) in [4.78, 5) is 0. The molecule has 0 unspecified atom stereocenters. The molecular formula is C13H19F2NO2S. The molecule has 1 N–H and O–H groups in total. The quantitative estimate of drug-likeness (QED) is 0.928. The van der Waals surface area contributed by atoms with Crippen molar-refractivity contribution >= 4 is 15.5 Å². The molecule has 0 aliphatic rings. The largest absolute Gasteiger partial charge is 0.379 e. The summed E-state index contributed by atoms with van der Waals surface area (Å²) in [7, 11) is -3.31. The van der Waals surface area contributed by atoms with Gasteiger partial charge in [0.1, 0.15) is 11.5 Å². The van der Waals surface area contributed by atoms with E-state index < -0.39 is 26.2 Å². The van der Waals surface area contributed by atoms with Crippen LogP contribution < -0.4 is 5.32 Å². The fourth-order valence-corrected chi connectivity index (χ4v) is 2.42. The highest BCUT2D eigenvalue weighted by Crippen LogP contribution is 2.22. The predicted molar refractivity (Wildman–Crippen MR) is 73.1 cm³/mol. The monoisotopic (exact) mass is 291 g/mol. The van der Waals surface area contributed by atoms with Crippen LogP contribution in [0, 0.1) is 18.6 Å². The maximum atomic E-state index is 13.7. The second-order valence-corrected chi connectivity index (χ2v) is 8.27. The topological polar surface area (TPSA) is 46.2 Å². The molecule has 1 aromatic rings. The van der Waals surface area contributed by atoms with Gasteiger partial charge in [0, 0.05) is 6.54 Å². The van der Waals surface area contributed by atoms with Gasteiger partial charge < -0.3 is 5.32 Å². The smallest absolute Gasteiger partial charge is 0.156 e. The lowest BCUT2D eigenvalue weighted by molar-refractivity contribution is 0.559. The maximum absolute atomic E-state index is 13.7. The van der Waals surface area contributed by atoms with Gasteiger partial charge in [-0.3, -0.25) is 0 Å². The highest BCUT2D eigenvalue weighted by Gasteiger charge is 2.28. The Balaban J connectivity index is 2.78. The Morgan fingerprint density at radius 2 is 1.79 bits per heavy atom. The van der Waals surface area contributed by atoms with Crippen molar-refractivity contribution in [2.24, 2.45) is 0 Å². The predicted octanol–water partition coefficient (Wildman–Crippen LogP) is 2.90. The van der Waals surface area contributed by atoms with Crippen LogP contribution in [0.1, 0.15) is 26.3 Å². The van der Waals surface area contributed by atoms with Crippen molar-refractivity contribution < 1.29 is 17.2 Å². The number of halogens is 2. The van der Waals surface area contributed by atoms with Crippen LogP contribution in [0.2, 0.25) is 0 Å². The van der Waals surface area contributed by atoms with Crippen LogP contribution >= 0.6 is 0 Å².